The standard InChI is InChI=1S/C13H10ClN3O3S/c1-20-11(18)6-10-12(19)16-13(21-10)17-15-7-8-2-4-9(14)5-3-8/h2-7H,1H3,(H,16,17,19)/b10-6-,15-7+. The normalized spacial score (nSPS) is 18.5. The zero-order valence-corrected chi connectivity index (χ0v) is 12.4. The number of benzene rings is 1. The molecule has 1 aliphatic rings. The van der Waals surface area contributed by atoms with Gasteiger partial charge in [-0.05, 0) is 29.5 Å². The van der Waals surface area contributed by atoms with Crippen molar-refractivity contribution in [2.75, 3.05) is 7.11 Å². The number of methoxy groups -OCH3 is 1. The first-order valence-electron chi connectivity index (χ1n) is 5.74. The zero-order chi connectivity index (χ0) is 15.2. The Morgan fingerprint density at radius 2 is 2.10 bits per heavy atom. The topological polar surface area (TPSA) is 80.1 Å². The van der Waals surface area contributed by atoms with Crippen LogP contribution >= 0.6 is 23.4 Å². The SMILES string of the molecule is COC(=O)/C=C1\S/C(=N/N=C/c2ccc(Cl)cc2)NC1=O. The number of thioether (sulfide) groups is 1. The van der Waals surface area contributed by atoms with Crippen molar-refractivity contribution in [1.82, 2.24) is 5.32 Å². The summed E-state index contributed by atoms with van der Waals surface area (Å²) in [6, 6.07) is 7.04. The molecule has 0 spiro atoms. The van der Waals surface area contributed by atoms with Crippen LogP contribution in [0.25, 0.3) is 0 Å². The quantitative estimate of drug-likeness (QED) is 0.399. The fourth-order valence-corrected chi connectivity index (χ4v) is 2.20. The van der Waals surface area contributed by atoms with Gasteiger partial charge in [0.2, 0.25) is 0 Å². The Balaban J connectivity index is 2.03. The van der Waals surface area contributed by atoms with Gasteiger partial charge in [-0.3, -0.25) is 10.1 Å². The molecule has 1 amide bonds. The highest BCUT2D eigenvalue weighted by molar-refractivity contribution is 8.18. The number of nitrogens with zero attached hydrogens (tertiary/aromatic N) is 2. The fraction of sp³-hybridized carbons (Fsp3) is 0.0769. The number of rotatable bonds is 3. The average molecular weight is 324 g/mol. The van der Waals surface area contributed by atoms with Gasteiger partial charge in [0.1, 0.15) is 0 Å². The number of hydrogen-bond acceptors (Lipinski definition) is 6. The van der Waals surface area contributed by atoms with Crippen molar-refractivity contribution in [3.63, 3.8) is 0 Å². The molecular formula is C13H10ClN3O3S. The maximum absolute atomic E-state index is 11.6. The lowest BCUT2D eigenvalue weighted by Crippen LogP contribution is -2.19. The molecule has 0 atom stereocenters. The van der Waals surface area contributed by atoms with Crippen LogP contribution in [0.3, 0.4) is 0 Å². The Morgan fingerprint density at radius 1 is 1.38 bits per heavy atom. The van der Waals surface area contributed by atoms with Gasteiger partial charge < -0.3 is 4.74 Å². The van der Waals surface area contributed by atoms with Gasteiger partial charge in [-0.25, -0.2) is 4.79 Å². The summed E-state index contributed by atoms with van der Waals surface area (Å²) in [5, 5.41) is 11.1. The fourth-order valence-electron chi connectivity index (χ4n) is 1.34. The van der Waals surface area contributed by atoms with E-state index < -0.39 is 11.9 Å². The van der Waals surface area contributed by atoms with Gasteiger partial charge in [0.05, 0.1) is 18.2 Å². The summed E-state index contributed by atoms with van der Waals surface area (Å²) >= 11 is 6.78. The van der Waals surface area contributed by atoms with E-state index in [1.807, 2.05) is 0 Å². The van der Waals surface area contributed by atoms with Crippen LogP contribution in [-0.2, 0) is 14.3 Å². The lowest BCUT2D eigenvalue weighted by Gasteiger charge is -1.92. The molecule has 1 aliphatic heterocycles. The first kappa shape index (κ1) is 15.3. The number of amidine groups is 1. The van der Waals surface area contributed by atoms with Crippen molar-refractivity contribution in [3.8, 4) is 0 Å². The van der Waals surface area contributed by atoms with Gasteiger partial charge in [0.25, 0.3) is 5.91 Å². The van der Waals surface area contributed by atoms with E-state index in [1.54, 1.807) is 24.3 Å². The summed E-state index contributed by atoms with van der Waals surface area (Å²) in [6.07, 6.45) is 2.63. The molecule has 1 aromatic rings. The van der Waals surface area contributed by atoms with E-state index >= 15 is 0 Å². The molecule has 108 valence electrons. The Kier molecular flexibility index (Phi) is 5.13. The van der Waals surface area contributed by atoms with Gasteiger partial charge in [-0.15, -0.1) is 5.10 Å². The van der Waals surface area contributed by atoms with E-state index in [0.717, 1.165) is 23.4 Å². The van der Waals surface area contributed by atoms with Gasteiger partial charge >= 0.3 is 5.97 Å². The highest BCUT2D eigenvalue weighted by Gasteiger charge is 2.24. The van der Waals surface area contributed by atoms with Crippen LogP contribution in [0.1, 0.15) is 5.56 Å². The lowest BCUT2D eigenvalue weighted by atomic mass is 10.2. The summed E-state index contributed by atoms with van der Waals surface area (Å²) in [4.78, 5) is 22.8. The number of ether oxygens (including phenoxy) is 1. The third kappa shape index (κ3) is 4.44. The zero-order valence-electron chi connectivity index (χ0n) is 10.9. The maximum Gasteiger partial charge on any atom is 0.331 e. The van der Waals surface area contributed by atoms with Crippen LogP contribution < -0.4 is 5.32 Å². The van der Waals surface area contributed by atoms with Crippen LogP contribution in [0.4, 0.5) is 0 Å². The molecule has 6 nitrogen and oxygen atoms in total. The van der Waals surface area contributed by atoms with E-state index in [-0.39, 0.29) is 4.91 Å². The van der Waals surface area contributed by atoms with E-state index in [1.165, 1.54) is 13.3 Å². The first-order chi connectivity index (χ1) is 10.1. The molecular weight excluding hydrogens is 314 g/mol. The van der Waals surface area contributed by atoms with Gasteiger partial charge in [0, 0.05) is 11.1 Å². The predicted molar refractivity (Wildman–Crippen MR) is 82.3 cm³/mol. The summed E-state index contributed by atoms with van der Waals surface area (Å²) < 4.78 is 4.46. The van der Waals surface area contributed by atoms with Gasteiger partial charge in [0.15, 0.2) is 5.17 Å². The minimum atomic E-state index is -0.599. The largest absolute Gasteiger partial charge is 0.466 e. The maximum atomic E-state index is 11.6. The molecule has 0 unspecified atom stereocenters. The molecule has 1 heterocycles. The minimum Gasteiger partial charge on any atom is -0.466 e. The molecule has 1 aromatic carbocycles. The number of nitrogens with one attached hydrogen (secondary N) is 1. The first-order valence-corrected chi connectivity index (χ1v) is 6.93. The highest BCUT2D eigenvalue weighted by atomic mass is 35.5. The Bertz CT molecular complexity index is 653. The van der Waals surface area contributed by atoms with E-state index in [2.05, 4.69) is 20.3 Å². The number of amides is 1. The Labute approximate surface area is 129 Å². The summed E-state index contributed by atoms with van der Waals surface area (Å²) in [5.74, 6) is -1.01. The third-order valence-corrected chi connectivity index (χ3v) is 3.48. The van der Waals surface area contributed by atoms with Crippen LogP contribution in [0.15, 0.2) is 45.4 Å². The molecule has 1 N–H and O–H groups in total. The molecule has 2 rings (SSSR count). The van der Waals surface area contributed by atoms with Crippen molar-refractivity contribution in [2.24, 2.45) is 10.2 Å². The minimum absolute atomic E-state index is 0.210. The molecule has 1 fully saturated rings. The monoisotopic (exact) mass is 323 g/mol. The number of halogens is 1. The highest BCUT2D eigenvalue weighted by Crippen LogP contribution is 2.23. The second-order valence-corrected chi connectivity index (χ2v) is 5.26. The summed E-state index contributed by atoms with van der Waals surface area (Å²) in [5.41, 5.74) is 0.823. The second-order valence-electron chi connectivity index (χ2n) is 3.79. The van der Waals surface area contributed by atoms with Crippen molar-refractivity contribution < 1.29 is 14.3 Å². The molecule has 0 bridgehead atoms. The molecule has 0 radical (unpaired) electrons. The summed E-state index contributed by atoms with van der Waals surface area (Å²) in [6.45, 7) is 0. The van der Waals surface area contributed by atoms with Crippen LogP contribution in [0.5, 0.6) is 0 Å². The number of esters is 1. The third-order valence-electron chi connectivity index (χ3n) is 2.33. The predicted octanol–water partition coefficient (Wildman–Crippen LogP) is 1.95. The number of carbonyl (C=O) groups is 2. The van der Waals surface area contributed by atoms with Crippen molar-refractivity contribution in [3.05, 3.63) is 45.8 Å². The van der Waals surface area contributed by atoms with Crippen molar-refractivity contribution in [1.29, 1.82) is 0 Å². The molecule has 0 aliphatic carbocycles. The molecule has 1 saturated heterocycles. The summed E-state index contributed by atoms with van der Waals surface area (Å²) in [7, 11) is 1.24. The van der Waals surface area contributed by atoms with Crippen LogP contribution in [0, 0.1) is 0 Å². The number of carbonyl (C=O) groups excluding carboxylic acids is 2. The molecule has 21 heavy (non-hydrogen) atoms. The van der Waals surface area contributed by atoms with Crippen molar-refractivity contribution in [2.45, 2.75) is 0 Å². The van der Waals surface area contributed by atoms with Gasteiger partial charge in [-0.2, -0.15) is 5.10 Å². The second kappa shape index (κ2) is 7.05. The average Bonchev–Trinajstić information content (AvgIpc) is 2.81. The smallest absolute Gasteiger partial charge is 0.331 e. The Morgan fingerprint density at radius 3 is 2.76 bits per heavy atom. The van der Waals surface area contributed by atoms with E-state index in [9.17, 15) is 9.59 Å². The van der Waals surface area contributed by atoms with Gasteiger partial charge in [-0.1, -0.05) is 23.7 Å². The molecule has 0 aromatic heterocycles. The Hall–Kier alpha value is -2.12. The molecule has 0 saturated carbocycles. The van der Waals surface area contributed by atoms with Crippen molar-refractivity contribution >= 4 is 46.6 Å². The van der Waals surface area contributed by atoms with Crippen LogP contribution in [-0.4, -0.2) is 30.4 Å². The van der Waals surface area contributed by atoms with Crippen LogP contribution in [0.2, 0.25) is 5.02 Å². The van der Waals surface area contributed by atoms with E-state index in [0.29, 0.717) is 10.2 Å². The molecule has 8 heteroatoms. The lowest BCUT2D eigenvalue weighted by molar-refractivity contribution is -0.135. The number of hydrogen-bond donors (Lipinski definition) is 1. The van der Waals surface area contributed by atoms with E-state index in [4.69, 9.17) is 11.6 Å².